The SMILES string of the molecule is CCCc1nc2c(n1Cc1ccc(-c3ccccc3-c3nn[nH]n3)cc1)C(C(=O)O)N(C(C)=O)CC2.[H-].[H-].[Na+].[Na+]. The molecule has 0 saturated heterocycles. The van der Waals surface area contributed by atoms with Crippen molar-refractivity contribution in [1.82, 2.24) is 35.1 Å². The number of aliphatic carboxylic acids is 1. The summed E-state index contributed by atoms with van der Waals surface area (Å²) < 4.78 is 2.00. The number of H-pyrrole nitrogens is 1. The molecular weight excluding hydrogens is 504 g/mol. The van der Waals surface area contributed by atoms with E-state index in [1.165, 1.54) is 11.8 Å². The van der Waals surface area contributed by atoms with Gasteiger partial charge in [-0.15, -0.1) is 10.2 Å². The number of hydrogen-bond acceptors (Lipinski definition) is 6. The third-order valence-electron chi connectivity index (χ3n) is 6.55. The van der Waals surface area contributed by atoms with Crippen LogP contribution in [-0.2, 0) is 29.0 Å². The maximum Gasteiger partial charge on any atom is 1.00 e. The van der Waals surface area contributed by atoms with Gasteiger partial charge in [0.25, 0.3) is 0 Å². The fraction of sp³-hybridized carbons (Fsp3) is 0.308. The molecule has 4 aromatic rings. The van der Waals surface area contributed by atoms with Gasteiger partial charge >= 0.3 is 65.1 Å². The molecule has 188 valence electrons. The van der Waals surface area contributed by atoms with Crippen molar-refractivity contribution in [3.05, 3.63) is 71.3 Å². The van der Waals surface area contributed by atoms with E-state index in [0.29, 0.717) is 31.0 Å². The van der Waals surface area contributed by atoms with Crippen LogP contribution in [0.15, 0.2) is 48.5 Å². The smallest absolute Gasteiger partial charge is 1.00 e. The summed E-state index contributed by atoms with van der Waals surface area (Å²) in [4.78, 5) is 30.7. The Morgan fingerprint density at radius 2 is 1.82 bits per heavy atom. The average Bonchev–Trinajstić information content (AvgIpc) is 3.53. The van der Waals surface area contributed by atoms with Gasteiger partial charge in [0.1, 0.15) is 5.82 Å². The summed E-state index contributed by atoms with van der Waals surface area (Å²) in [6, 6.07) is 15.0. The summed E-state index contributed by atoms with van der Waals surface area (Å²) in [5.41, 5.74) is 5.26. The molecule has 2 aromatic carbocycles. The van der Waals surface area contributed by atoms with Crippen LogP contribution in [0.3, 0.4) is 0 Å². The number of carbonyl (C=O) groups excluding carboxylic acids is 1. The minimum Gasteiger partial charge on any atom is -1.00 e. The van der Waals surface area contributed by atoms with Crippen LogP contribution in [-0.4, -0.2) is 58.6 Å². The van der Waals surface area contributed by atoms with Crippen LogP contribution in [0.1, 0.15) is 51.9 Å². The van der Waals surface area contributed by atoms with Gasteiger partial charge in [-0.3, -0.25) is 4.79 Å². The molecule has 10 nitrogen and oxygen atoms in total. The maximum absolute atomic E-state index is 12.3. The molecule has 1 amide bonds. The third kappa shape index (κ3) is 5.95. The van der Waals surface area contributed by atoms with Crippen LogP contribution >= 0.6 is 0 Å². The summed E-state index contributed by atoms with van der Waals surface area (Å²) in [5, 5.41) is 24.4. The van der Waals surface area contributed by atoms with Gasteiger partial charge in [-0.25, -0.2) is 9.78 Å². The number of hydrogen-bond donors (Lipinski definition) is 2. The number of benzene rings is 2. The summed E-state index contributed by atoms with van der Waals surface area (Å²) in [6.45, 7) is 4.32. The molecule has 2 aromatic heterocycles. The van der Waals surface area contributed by atoms with Crippen molar-refractivity contribution in [1.29, 1.82) is 0 Å². The van der Waals surface area contributed by atoms with Crippen molar-refractivity contribution < 1.29 is 76.7 Å². The Bertz CT molecular complexity index is 1420. The molecule has 0 radical (unpaired) electrons. The van der Waals surface area contributed by atoms with Crippen LogP contribution in [0.2, 0.25) is 0 Å². The first-order valence-electron chi connectivity index (χ1n) is 12.0. The molecule has 2 N–H and O–H groups in total. The quantitative estimate of drug-likeness (QED) is 0.251. The zero-order valence-corrected chi connectivity index (χ0v) is 26.2. The van der Waals surface area contributed by atoms with Gasteiger partial charge in [-0.05, 0) is 28.3 Å². The Balaban J connectivity index is 0.00000200. The predicted octanol–water partition coefficient (Wildman–Crippen LogP) is -2.51. The fourth-order valence-corrected chi connectivity index (χ4v) is 4.92. The summed E-state index contributed by atoms with van der Waals surface area (Å²) in [5.74, 6) is 0.0931. The molecule has 0 bridgehead atoms. The van der Waals surface area contributed by atoms with Gasteiger partial charge in [-0.2, -0.15) is 5.21 Å². The molecule has 1 aliphatic heterocycles. The molecule has 3 heterocycles. The van der Waals surface area contributed by atoms with Crippen molar-refractivity contribution in [2.45, 2.75) is 45.7 Å². The van der Waals surface area contributed by atoms with Crippen LogP contribution in [0, 0.1) is 0 Å². The van der Waals surface area contributed by atoms with E-state index in [9.17, 15) is 14.7 Å². The molecule has 0 fully saturated rings. The minimum atomic E-state index is -1.04. The Morgan fingerprint density at radius 3 is 2.42 bits per heavy atom. The number of aryl methyl sites for hydroxylation is 1. The number of amides is 1. The van der Waals surface area contributed by atoms with E-state index in [0.717, 1.165) is 46.6 Å². The molecule has 0 spiro atoms. The maximum atomic E-state index is 12.3. The molecule has 1 unspecified atom stereocenters. The van der Waals surface area contributed by atoms with E-state index in [-0.39, 0.29) is 67.9 Å². The molecule has 1 atom stereocenters. The minimum absolute atomic E-state index is 0. The van der Waals surface area contributed by atoms with E-state index >= 15 is 0 Å². The van der Waals surface area contributed by atoms with Crippen LogP contribution in [0.5, 0.6) is 0 Å². The molecule has 0 saturated carbocycles. The first kappa shape index (κ1) is 30.2. The van der Waals surface area contributed by atoms with E-state index in [2.05, 4.69) is 27.5 Å². The number of rotatable bonds is 7. The number of tetrazole rings is 1. The monoisotopic (exact) mass is 533 g/mol. The molecule has 0 aliphatic carbocycles. The topological polar surface area (TPSA) is 130 Å². The normalized spacial score (nSPS) is 14.3. The van der Waals surface area contributed by atoms with Crippen molar-refractivity contribution in [3.8, 4) is 22.5 Å². The van der Waals surface area contributed by atoms with Gasteiger partial charge in [0, 0.05) is 38.4 Å². The van der Waals surface area contributed by atoms with Gasteiger partial charge in [0.05, 0.1) is 11.4 Å². The van der Waals surface area contributed by atoms with Crippen molar-refractivity contribution in [3.63, 3.8) is 0 Å². The first-order chi connectivity index (χ1) is 17.5. The summed E-state index contributed by atoms with van der Waals surface area (Å²) in [6.07, 6.45) is 2.17. The van der Waals surface area contributed by atoms with Crippen LogP contribution < -0.4 is 59.1 Å². The molecule has 1 aliphatic rings. The third-order valence-corrected chi connectivity index (χ3v) is 6.55. The molecular formula is C26H29N7Na2O3. The number of carboxylic acid groups (broad SMARTS) is 1. The number of imidazole rings is 1. The Hall–Kier alpha value is -2.34. The van der Waals surface area contributed by atoms with Gasteiger partial charge in [0.2, 0.25) is 11.7 Å². The Kier molecular flexibility index (Phi) is 10.4. The Morgan fingerprint density at radius 1 is 1.11 bits per heavy atom. The number of aromatic nitrogens is 6. The Labute approximate surface area is 267 Å². The summed E-state index contributed by atoms with van der Waals surface area (Å²) >= 11 is 0. The van der Waals surface area contributed by atoms with Gasteiger partial charge in [0.15, 0.2) is 6.04 Å². The number of nitrogens with zero attached hydrogens (tertiary/aromatic N) is 6. The average molecular weight is 534 g/mol. The van der Waals surface area contributed by atoms with Gasteiger partial charge in [-0.1, -0.05) is 55.5 Å². The number of carboxylic acids is 1. The number of nitrogens with one attached hydrogen (secondary N) is 1. The van der Waals surface area contributed by atoms with Crippen LogP contribution in [0.25, 0.3) is 22.5 Å². The second kappa shape index (κ2) is 13.1. The number of aromatic amines is 1. The second-order valence-corrected chi connectivity index (χ2v) is 8.88. The van der Waals surface area contributed by atoms with Crippen molar-refractivity contribution in [2.75, 3.05) is 6.54 Å². The van der Waals surface area contributed by atoms with Crippen LogP contribution in [0.4, 0.5) is 0 Å². The second-order valence-electron chi connectivity index (χ2n) is 8.88. The van der Waals surface area contributed by atoms with E-state index in [1.807, 2.05) is 53.1 Å². The summed E-state index contributed by atoms with van der Waals surface area (Å²) in [7, 11) is 0. The molecule has 5 rings (SSSR count). The first-order valence-corrected chi connectivity index (χ1v) is 12.0. The van der Waals surface area contributed by atoms with E-state index in [4.69, 9.17) is 4.98 Å². The van der Waals surface area contributed by atoms with E-state index in [1.54, 1.807) is 0 Å². The van der Waals surface area contributed by atoms with Crippen molar-refractivity contribution in [2.24, 2.45) is 0 Å². The predicted molar refractivity (Wildman–Crippen MR) is 134 cm³/mol. The zero-order chi connectivity index (χ0) is 25.2. The standard InChI is InChI=1S/C26H27N7O3.2Na.2H/c1-3-6-22-27-21-13-14-32(16(2)34)24(26(35)36)23(21)33(22)15-17-9-11-18(12-10-17)19-7-4-5-8-20(19)25-28-30-31-29-25;;;;/h4-5,7-12,24H,3,6,13-15H2,1-2H3,(H,35,36)(H,28,29,30,31);;;;/q;2*+1;2*-1. The number of carbonyl (C=O) groups is 2. The zero-order valence-electron chi connectivity index (χ0n) is 24.2. The molecule has 38 heavy (non-hydrogen) atoms. The fourth-order valence-electron chi connectivity index (χ4n) is 4.92. The number of fused-ring (bicyclic) bond motifs is 1. The van der Waals surface area contributed by atoms with Gasteiger partial charge < -0.3 is 17.4 Å². The largest absolute Gasteiger partial charge is 1.00 e. The van der Waals surface area contributed by atoms with Crippen molar-refractivity contribution >= 4 is 11.9 Å². The molecule has 12 heteroatoms. The van der Waals surface area contributed by atoms with E-state index < -0.39 is 12.0 Å².